The highest BCUT2D eigenvalue weighted by Crippen LogP contribution is 2.28. The number of carbonyl (C=O) groups is 2. The predicted molar refractivity (Wildman–Crippen MR) is 115 cm³/mol. The van der Waals surface area contributed by atoms with Crippen molar-refractivity contribution >= 4 is 23.4 Å². The van der Waals surface area contributed by atoms with Gasteiger partial charge in [-0.3, -0.25) is 14.8 Å². The maximum atomic E-state index is 12.4. The van der Waals surface area contributed by atoms with Crippen molar-refractivity contribution in [3.63, 3.8) is 0 Å². The van der Waals surface area contributed by atoms with Crippen LogP contribution in [0.2, 0.25) is 0 Å². The van der Waals surface area contributed by atoms with Crippen LogP contribution in [0.3, 0.4) is 0 Å². The molecule has 0 spiro atoms. The molecule has 10 heteroatoms. The number of aromatic amines is 1. The molecule has 1 atom stereocenters. The first-order chi connectivity index (χ1) is 15.5. The fourth-order valence-electron chi connectivity index (χ4n) is 4.06. The van der Waals surface area contributed by atoms with Crippen molar-refractivity contribution in [3.8, 4) is 6.07 Å². The number of anilines is 2. The molecule has 2 aliphatic heterocycles. The summed E-state index contributed by atoms with van der Waals surface area (Å²) in [6.07, 6.45) is 3.26. The van der Waals surface area contributed by atoms with Crippen LogP contribution in [0.15, 0.2) is 35.9 Å². The van der Waals surface area contributed by atoms with Crippen molar-refractivity contribution < 1.29 is 19.4 Å². The molecule has 0 bridgehead atoms. The predicted octanol–water partition coefficient (Wildman–Crippen LogP) is 2.44. The molecule has 10 nitrogen and oxygen atoms in total. The fraction of sp³-hybridized carbons (Fsp3) is 0.409. The van der Waals surface area contributed by atoms with E-state index in [0.29, 0.717) is 24.4 Å². The SMILES string of the molecule is N#CC=C1CCN(c2ccc(N3CC(Cc4[nH]nnc4CCC(=O)O)OC3=O)cc2)CC1. The van der Waals surface area contributed by atoms with E-state index in [2.05, 4.69) is 26.4 Å². The number of benzene rings is 1. The summed E-state index contributed by atoms with van der Waals surface area (Å²) in [5.41, 5.74) is 4.30. The highest BCUT2D eigenvalue weighted by Gasteiger charge is 2.33. The van der Waals surface area contributed by atoms with E-state index in [1.165, 1.54) is 5.57 Å². The van der Waals surface area contributed by atoms with Crippen molar-refractivity contribution in [1.82, 2.24) is 15.4 Å². The lowest BCUT2D eigenvalue weighted by molar-refractivity contribution is -0.136. The molecule has 3 heterocycles. The van der Waals surface area contributed by atoms with E-state index >= 15 is 0 Å². The number of carboxylic acids is 1. The molecule has 0 radical (unpaired) electrons. The number of aromatic nitrogens is 3. The minimum atomic E-state index is -0.899. The lowest BCUT2D eigenvalue weighted by Gasteiger charge is -2.30. The molecule has 2 N–H and O–H groups in total. The molecule has 1 unspecified atom stereocenters. The van der Waals surface area contributed by atoms with Gasteiger partial charge in [0.1, 0.15) is 6.10 Å². The van der Waals surface area contributed by atoms with E-state index in [0.717, 1.165) is 37.3 Å². The largest absolute Gasteiger partial charge is 0.481 e. The van der Waals surface area contributed by atoms with E-state index < -0.39 is 12.1 Å². The Balaban J connectivity index is 1.36. The average molecular weight is 436 g/mol. The third-order valence-corrected chi connectivity index (χ3v) is 5.79. The minimum Gasteiger partial charge on any atom is -0.481 e. The number of aryl methyl sites for hydroxylation is 1. The zero-order chi connectivity index (χ0) is 22.5. The molecule has 1 aromatic heterocycles. The molecule has 0 saturated carbocycles. The van der Waals surface area contributed by atoms with Crippen LogP contribution in [0.5, 0.6) is 0 Å². The highest BCUT2D eigenvalue weighted by molar-refractivity contribution is 5.90. The van der Waals surface area contributed by atoms with Crippen molar-refractivity contribution in [3.05, 3.63) is 47.3 Å². The Morgan fingerprint density at radius 1 is 1.28 bits per heavy atom. The number of hydrogen-bond donors (Lipinski definition) is 2. The van der Waals surface area contributed by atoms with Gasteiger partial charge in [-0.2, -0.15) is 5.26 Å². The van der Waals surface area contributed by atoms with Gasteiger partial charge in [-0.05, 0) is 37.1 Å². The molecule has 1 amide bonds. The summed E-state index contributed by atoms with van der Waals surface area (Å²) < 4.78 is 5.52. The van der Waals surface area contributed by atoms with Crippen LogP contribution in [0.1, 0.15) is 30.7 Å². The number of carboxylic acid groups (broad SMARTS) is 1. The lowest BCUT2D eigenvalue weighted by Crippen LogP contribution is -2.30. The van der Waals surface area contributed by atoms with Gasteiger partial charge in [-0.25, -0.2) is 4.79 Å². The Labute approximate surface area is 185 Å². The Morgan fingerprint density at radius 2 is 2.00 bits per heavy atom. The van der Waals surface area contributed by atoms with Crippen LogP contribution in [-0.4, -0.2) is 58.3 Å². The van der Waals surface area contributed by atoms with Crippen molar-refractivity contribution in [2.45, 2.75) is 38.2 Å². The maximum Gasteiger partial charge on any atom is 0.414 e. The second-order valence-corrected chi connectivity index (χ2v) is 7.89. The first kappa shape index (κ1) is 21.4. The number of hydrogen-bond acceptors (Lipinski definition) is 7. The number of nitrogens with zero attached hydrogens (tertiary/aromatic N) is 5. The molecule has 2 aromatic rings. The normalized spacial score (nSPS) is 18.4. The van der Waals surface area contributed by atoms with Gasteiger partial charge < -0.3 is 14.7 Å². The zero-order valence-corrected chi connectivity index (χ0v) is 17.5. The average Bonchev–Trinajstić information content (AvgIpc) is 3.39. The van der Waals surface area contributed by atoms with Crippen LogP contribution in [0.4, 0.5) is 16.2 Å². The smallest absolute Gasteiger partial charge is 0.414 e. The number of nitrogens with one attached hydrogen (secondary N) is 1. The highest BCUT2D eigenvalue weighted by atomic mass is 16.6. The molecular formula is C22H24N6O4. The zero-order valence-electron chi connectivity index (χ0n) is 17.5. The fourth-order valence-corrected chi connectivity index (χ4v) is 4.06. The van der Waals surface area contributed by atoms with Gasteiger partial charge in [-0.15, -0.1) is 5.10 Å². The molecule has 0 aliphatic carbocycles. The summed E-state index contributed by atoms with van der Waals surface area (Å²) in [5, 5.41) is 28.2. The number of aliphatic carboxylic acids is 1. The van der Waals surface area contributed by atoms with Crippen molar-refractivity contribution in [2.24, 2.45) is 0 Å². The van der Waals surface area contributed by atoms with Gasteiger partial charge in [0.15, 0.2) is 0 Å². The van der Waals surface area contributed by atoms with Crippen molar-refractivity contribution in [1.29, 1.82) is 5.26 Å². The van der Waals surface area contributed by atoms with Gasteiger partial charge in [-0.1, -0.05) is 10.8 Å². The third-order valence-electron chi connectivity index (χ3n) is 5.79. The standard InChI is InChI=1S/C22H24N6O4/c23-10-7-15-8-11-27(12-9-15)16-1-3-17(4-2-16)28-14-18(32-22(28)31)13-20-19(24-26-25-20)5-6-21(29)30/h1-4,7,18H,5-6,8-9,11-14H2,(H,29,30)(H,24,25,26). The van der Waals surface area contributed by atoms with Crippen LogP contribution in [-0.2, 0) is 22.4 Å². The first-order valence-corrected chi connectivity index (χ1v) is 10.5. The van der Waals surface area contributed by atoms with E-state index in [1.54, 1.807) is 11.0 Å². The second kappa shape index (κ2) is 9.51. The van der Waals surface area contributed by atoms with Crippen LogP contribution in [0, 0.1) is 11.3 Å². The molecule has 2 fully saturated rings. The number of allylic oxidation sites excluding steroid dienone is 1. The Kier molecular flexibility index (Phi) is 6.35. The summed E-state index contributed by atoms with van der Waals surface area (Å²) in [5.74, 6) is -0.899. The number of piperidine rings is 1. The summed E-state index contributed by atoms with van der Waals surface area (Å²) in [6, 6.07) is 9.92. The number of amides is 1. The summed E-state index contributed by atoms with van der Waals surface area (Å²) in [4.78, 5) is 27.1. The number of carbonyl (C=O) groups excluding carboxylic acids is 1. The third kappa shape index (κ3) is 4.88. The molecule has 32 heavy (non-hydrogen) atoms. The van der Waals surface area contributed by atoms with E-state index in [-0.39, 0.29) is 18.9 Å². The van der Waals surface area contributed by atoms with Crippen LogP contribution >= 0.6 is 0 Å². The van der Waals surface area contributed by atoms with E-state index in [1.807, 2.05) is 24.3 Å². The Hall–Kier alpha value is -3.87. The Morgan fingerprint density at radius 3 is 2.69 bits per heavy atom. The van der Waals surface area contributed by atoms with Gasteiger partial charge in [0.2, 0.25) is 0 Å². The number of nitriles is 1. The number of rotatable bonds is 7. The first-order valence-electron chi connectivity index (χ1n) is 10.5. The molecular weight excluding hydrogens is 412 g/mol. The summed E-state index contributed by atoms with van der Waals surface area (Å²) in [6.45, 7) is 2.12. The van der Waals surface area contributed by atoms with Gasteiger partial charge in [0.05, 0.1) is 30.4 Å². The van der Waals surface area contributed by atoms with E-state index in [4.69, 9.17) is 15.1 Å². The van der Waals surface area contributed by atoms with E-state index in [9.17, 15) is 9.59 Å². The van der Waals surface area contributed by atoms with Crippen molar-refractivity contribution in [2.75, 3.05) is 29.4 Å². The number of cyclic esters (lactones) is 1. The monoisotopic (exact) mass is 436 g/mol. The molecule has 4 rings (SSSR count). The molecule has 2 saturated heterocycles. The second-order valence-electron chi connectivity index (χ2n) is 7.89. The van der Waals surface area contributed by atoms with Crippen LogP contribution < -0.4 is 9.80 Å². The summed E-state index contributed by atoms with van der Waals surface area (Å²) in [7, 11) is 0. The van der Waals surface area contributed by atoms with Gasteiger partial charge in [0, 0.05) is 43.4 Å². The molecule has 2 aliphatic rings. The quantitative estimate of drug-likeness (QED) is 0.632. The minimum absolute atomic E-state index is 0.0323. The topological polar surface area (TPSA) is 135 Å². The van der Waals surface area contributed by atoms with Gasteiger partial charge in [0.25, 0.3) is 0 Å². The number of H-pyrrole nitrogens is 1. The Bertz CT molecular complexity index is 1050. The molecule has 166 valence electrons. The lowest BCUT2D eigenvalue weighted by atomic mass is 10.0. The van der Waals surface area contributed by atoms with Crippen LogP contribution in [0.25, 0.3) is 0 Å². The number of ether oxygens (including phenoxy) is 1. The maximum absolute atomic E-state index is 12.4. The summed E-state index contributed by atoms with van der Waals surface area (Å²) >= 11 is 0. The molecule has 1 aromatic carbocycles. The van der Waals surface area contributed by atoms with Gasteiger partial charge >= 0.3 is 12.1 Å².